The van der Waals surface area contributed by atoms with Crippen LogP contribution in [0.25, 0.3) is 11.1 Å². The molecule has 29 heavy (non-hydrogen) atoms. The van der Waals surface area contributed by atoms with Crippen molar-refractivity contribution in [3.63, 3.8) is 0 Å². The Hall–Kier alpha value is -2.90. The molecule has 0 spiro atoms. The Morgan fingerprint density at radius 3 is 2.79 bits per heavy atom. The number of anilines is 1. The van der Waals surface area contributed by atoms with Gasteiger partial charge < -0.3 is 10.1 Å². The van der Waals surface area contributed by atoms with Crippen LogP contribution in [0.3, 0.4) is 0 Å². The number of benzene rings is 2. The van der Waals surface area contributed by atoms with Gasteiger partial charge in [-0.3, -0.25) is 10.1 Å². The molecule has 0 saturated heterocycles. The van der Waals surface area contributed by atoms with Crippen molar-refractivity contribution in [2.24, 2.45) is 4.99 Å². The first-order chi connectivity index (χ1) is 13.7. The number of amidine groups is 1. The number of nitrogens with zero attached hydrogens (tertiary/aromatic N) is 2. The van der Waals surface area contributed by atoms with Crippen LogP contribution in [0.4, 0.5) is 24.5 Å². The number of nitrogens with one attached hydrogen (secondary N) is 2. The maximum Gasteiger partial charge on any atom is 0.417 e. The van der Waals surface area contributed by atoms with Crippen LogP contribution in [0.2, 0.25) is 5.02 Å². The molecule has 0 atom stereocenters. The maximum absolute atomic E-state index is 13.8. The molecule has 0 aromatic heterocycles. The second kappa shape index (κ2) is 8.23. The van der Waals surface area contributed by atoms with Crippen molar-refractivity contribution in [3.05, 3.63) is 40.9 Å². The van der Waals surface area contributed by atoms with Crippen molar-refractivity contribution in [1.82, 2.24) is 5.32 Å². The van der Waals surface area contributed by atoms with Gasteiger partial charge in [0.05, 0.1) is 22.0 Å². The largest absolute Gasteiger partial charge is 0.482 e. The van der Waals surface area contributed by atoms with Gasteiger partial charge in [-0.05, 0) is 36.1 Å². The van der Waals surface area contributed by atoms with E-state index in [4.69, 9.17) is 21.6 Å². The van der Waals surface area contributed by atoms with Gasteiger partial charge in [0, 0.05) is 5.56 Å². The number of alkyl halides is 3. The molecule has 2 aromatic rings. The molecule has 0 aliphatic carbocycles. The first-order valence-electron chi connectivity index (χ1n) is 7.98. The van der Waals surface area contributed by atoms with Gasteiger partial charge in [0.25, 0.3) is 5.91 Å². The number of carbonyl (C=O) groups excluding carboxylic acids is 1. The highest BCUT2D eigenvalue weighted by Gasteiger charge is 2.35. The van der Waals surface area contributed by atoms with Crippen LogP contribution < -0.4 is 15.4 Å². The minimum Gasteiger partial charge on any atom is -0.482 e. The fourth-order valence-electron chi connectivity index (χ4n) is 2.70. The van der Waals surface area contributed by atoms with E-state index in [1.807, 2.05) is 0 Å². The van der Waals surface area contributed by atoms with Crippen molar-refractivity contribution in [2.45, 2.75) is 6.18 Å². The smallest absolute Gasteiger partial charge is 0.417 e. The lowest BCUT2D eigenvalue weighted by molar-refractivity contribution is -0.137. The number of halogens is 4. The van der Waals surface area contributed by atoms with Gasteiger partial charge in [0.2, 0.25) is 0 Å². The molecular weight excluding hydrogens is 429 g/mol. The zero-order valence-corrected chi connectivity index (χ0v) is 16.3. The SMILES string of the molecule is CSC(=Nc1cc(Cl)c(-c2ccc3c(c2)NC(=O)CO3)c(C(F)(F)F)c1)NC#N. The van der Waals surface area contributed by atoms with Crippen LogP contribution in [0, 0.1) is 11.5 Å². The predicted octanol–water partition coefficient (Wildman–Crippen LogP) is 4.78. The molecule has 3 rings (SSSR count). The lowest BCUT2D eigenvalue weighted by Crippen LogP contribution is -2.25. The van der Waals surface area contributed by atoms with E-state index < -0.39 is 17.6 Å². The average Bonchev–Trinajstić information content (AvgIpc) is 2.66. The average molecular weight is 441 g/mol. The maximum atomic E-state index is 13.8. The van der Waals surface area contributed by atoms with Gasteiger partial charge >= 0.3 is 6.18 Å². The molecule has 0 bridgehead atoms. The van der Waals surface area contributed by atoms with E-state index in [2.05, 4.69) is 15.6 Å². The van der Waals surface area contributed by atoms with Crippen LogP contribution >= 0.6 is 23.4 Å². The van der Waals surface area contributed by atoms with Crippen molar-refractivity contribution in [1.29, 1.82) is 5.26 Å². The van der Waals surface area contributed by atoms with Crippen LogP contribution in [-0.4, -0.2) is 23.9 Å². The summed E-state index contributed by atoms with van der Waals surface area (Å²) < 4.78 is 46.6. The Morgan fingerprint density at radius 1 is 1.38 bits per heavy atom. The van der Waals surface area contributed by atoms with Crippen molar-refractivity contribution < 1.29 is 22.7 Å². The minimum absolute atomic E-state index is 0.0622. The summed E-state index contributed by atoms with van der Waals surface area (Å²) in [6, 6.07) is 6.40. The second-order valence-electron chi connectivity index (χ2n) is 5.75. The van der Waals surface area contributed by atoms with Gasteiger partial charge in [-0.1, -0.05) is 29.4 Å². The summed E-state index contributed by atoms with van der Waals surface area (Å²) in [6.45, 7) is -0.165. The summed E-state index contributed by atoms with van der Waals surface area (Å²) in [7, 11) is 0. The number of rotatable bonds is 2. The van der Waals surface area contributed by atoms with Gasteiger partial charge in [0.15, 0.2) is 18.0 Å². The number of amides is 1. The summed E-state index contributed by atoms with van der Waals surface area (Å²) in [4.78, 5) is 15.5. The monoisotopic (exact) mass is 440 g/mol. The first-order valence-corrected chi connectivity index (χ1v) is 9.59. The zero-order valence-electron chi connectivity index (χ0n) is 14.7. The van der Waals surface area contributed by atoms with Crippen LogP contribution in [0.1, 0.15) is 5.56 Å². The fourth-order valence-corrected chi connectivity index (χ4v) is 3.37. The highest BCUT2D eigenvalue weighted by atomic mass is 35.5. The van der Waals surface area contributed by atoms with Gasteiger partial charge in [-0.2, -0.15) is 18.4 Å². The minimum atomic E-state index is -4.72. The highest BCUT2D eigenvalue weighted by Crippen LogP contribution is 2.45. The lowest BCUT2D eigenvalue weighted by Gasteiger charge is -2.20. The number of aliphatic imine (C=N–C) groups is 1. The molecule has 1 aliphatic heterocycles. The Labute approximate surface area is 172 Å². The number of carbonyl (C=O) groups is 1. The number of hydrogen-bond acceptors (Lipinski definition) is 5. The third-order valence-corrected chi connectivity index (χ3v) is 4.75. The lowest BCUT2D eigenvalue weighted by atomic mass is 9.97. The summed E-state index contributed by atoms with van der Waals surface area (Å²) in [5.41, 5.74) is -0.896. The van der Waals surface area contributed by atoms with Gasteiger partial charge in [-0.25, -0.2) is 4.99 Å². The molecule has 1 heterocycles. The summed E-state index contributed by atoms with van der Waals surface area (Å²) >= 11 is 7.27. The molecule has 6 nitrogen and oxygen atoms in total. The van der Waals surface area contributed by atoms with Crippen LogP contribution in [0.15, 0.2) is 35.3 Å². The quantitative estimate of drug-likeness (QED) is 0.304. The van der Waals surface area contributed by atoms with Gasteiger partial charge in [0.1, 0.15) is 5.75 Å². The van der Waals surface area contributed by atoms with E-state index in [0.29, 0.717) is 5.75 Å². The predicted molar refractivity (Wildman–Crippen MR) is 105 cm³/mol. The molecule has 11 heteroatoms. The molecular formula is C18H12ClF3N4O2S. The van der Waals surface area contributed by atoms with E-state index in [9.17, 15) is 18.0 Å². The second-order valence-corrected chi connectivity index (χ2v) is 6.96. The molecule has 150 valence electrons. The molecule has 0 unspecified atom stereocenters. The van der Waals surface area contributed by atoms with Gasteiger partial charge in [-0.15, -0.1) is 0 Å². The van der Waals surface area contributed by atoms with Crippen molar-refractivity contribution in [2.75, 3.05) is 18.2 Å². The van der Waals surface area contributed by atoms with E-state index in [-0.39, 0.29) is 39.3 Å². The molecule has 2 N–H and O–H groups in total. The third kappa shape index (κ3) is 4.58. The Balaban J connectivity index is 2.16. The highest BCUT2D eigenvalue weighted by molar-refractivity contribution is 8.13. The van der Waals surface area contributed by atoms with Crippen LogP contribution in [-0.2, 0) is 11.0 Å². The zero-order chi connectivity index (χ0) is 21.2. The fraction of sp³-hybridized carbons (Fsp3) is 0.167. The van der Waals surface area contributed by atoms with Crippen molar-refractivity contribution >= 4 is 45.8 Å². The van der Waals surface area contributed by atoms with Crippen molar-refractivity contribution in [3.8, 4) is 23.1 Å². The number of nitriles is 1. The molecule has 0 saturated carbocycles. The molecule has 1 amide bonds. The summed E-state index contributed by atoms with van der Waals surface area (Å²) in [5.74, 6) is -0.0532. The first kappa shape index (κ1) is 20.8. The summed E-state index contributed by atoms with van der Waals surface area (Å²) in [6.07, 6.45) is -1.44. The normalized spacial score (nSPS) is 13.8. The van der Waals surface area contributed by atoms with E-state index in [1.165, 1.54) is 24.3 Å². The van der Waals surface area contributed by atoms with E-state index >= 15 is 0 Å². The Kier molecular flexibility index (Phi) is 5.91. The number of hydrogen-bond donors (Lipinski definition) is 2. The number of thioether (sulfide) groups is 1. The number of ether oxygens (including phenoxy) is 1. The standard InChI is InChI=1S/C18H12ClF3N4O2S/c1-29-17(24-8-23)25-10-5-11(18(20,21)22)16(12(19)6-10)9-2-3-14-13(4-9)26-15(27)7-28-14/h2-6H,7H2,1H3,(H,24,25)(H,26,27). The molecule has 2 aromatic carbocycles. The van der Waals surface area contributed by atoms with E-state index in [0.717, 1.165) is 17.8 Å². The third-order valence-electron chi connectivity index (χ3n) is 3.87. The van der Waals surface area contributed by atoms with E-state index in [1.54, 1.807) is 12.4 Å². The Bertz CT molecular complexity index is 1050. The molecule has 1 aliphatic rings. The Morgan fingerprint density at radius 2 is 2.14 bits per heavy atom. The van der Waals surface area contributed by atoms with Crippen LogP contribution in [0.5, 0.6) is 5.75 Å². The topological polar surface area (TPSA) is 86.5 Å². The number of fused-ring (bicyclic) bond motifs is 1. The molecule has 0 radical (unpaired) electrons. The molecule has 0 fully saturated rings. The summed E-state index contributed by atoms with van der Waals surface area (Å²) in [5, 5.41) is 13.5.